The predicted octanol–water partition coefficient (Wildman–Crippen LogP) is 7.91. The number of rotatable bonds is 26. The van der Waals surface area contributed by atoms with Crippen molar-refractivity contribution in [1.82, 2.24) is 31.0 Å². The van der Waals surface area contributed by atoms with Gasteiger partial charge in [0.05, 0.1) is 28.4 Å². The number of hydrogen-bond acceptors (Lipinski definition) is 11. The standard InChI is InChI=1S/C47H55F3N10O8S2/c48-47(49,50)41-27-39(60(58-41)34-22-24-36(25-23-34)70(52,66)67)31-16-14-30(15-17-31)28-68-45(64)37(54-44(63)32-18-20-33(21-19-32)57-59-51)11-7-8-26-53-42(62)13-4-2-1-3-9-35(61)10-5-6-12-40-43-38(29-69-40)55-46(65)56-43/h14-25,27,37-38,40,43H,1-13,26,28-29H2,(H,53,62)(H,54,63)(H2,52,66,67)(H2,55,56,65)/t37-,38-,40-,43+/m0/s1. The topological polar surface area (TPSA) is 269 Å². The number of alkyl halides is 3. The monoisotopic (exact) mass is 1010 g/mol. The number of carbonyl (C=O) groups excluding carboxylic acids is 5. The number of azide groups is 1. The van der Waals surface area contributed by atoms with Crippen LogP contribution in [0.15, 0.2) is 88.9 Å². The zero-order valence-corrected chi connectivity index (χ0v) is 39.8. The van der Waals surface area contributed by atoms with Crippen molar-refractivity contribution in [1.29, 1.82) is 0 Å². The molecule has 0 aliphatic carbocycles. The van der Waals surface area contributed by atoms with Gasteiger partial charge >= 0.3 is 18.2 Å². The summed E-state index contributed by atoms with van der Waals surface area (Å²) >= 11 is 1.87. The summed E-state index contributed by atoms with van der Waals surface area (Å²) in [6.45, 7) is 0.0933. The van der Waals surface area contributed by atoms with Gasteiger partial charge in [0.25, 0.3) is 5.91 Å². The molecule has 3 aromatic carbocycles. The van der Waals surface area contributed by atoms with Crippen LogP contribution in [0.2, 0.25) is 0 Å². The first kappa shape index (κ1) is 52.9. The molecule has 2 aliphatic heterocycles. The van der Waals surface area contributed by atoms with E-state index < -0.39 is 39.8 Å². The quantitative estimate of drug-likeness (QED) is 0.0101. The highest BCUT2D eigenvalue weighted by molar-refractivity contribution is 8.00. The average Bonchev–Trinajstić information content (AvgIpc) is 4.05. The summed E-state index contributed by atoms with van der Waals surface area (Å²) in [4.78, 5) is 65.7. The summed E-state index contributed by atoms with van der Waals surface area (Å²) in [5.41, 5.74) is 9.00. The molecular formula is C47H55F3N10O8S2. The Bertz CT molecular complexity index is 2630. The zero-order valence-electron chi connectivity index (χ0n) is 38.2. The lowest BCUT2D eigenvalue weighted by Gasteiger charge is -2.18. The van der Waals surface area contributed by atoms with E-state index in [1.807, 2.05) is 11.8 Å². The Labute approximate surface area is 407 Å². The molecule has 4 amide bonds. The second-order valence-corrected chi connectivity index (χ2v) is 19.9. The van der Waals surface area contributed by atoms with E-state index in [1.165, 1.54) is 48.5 Å². The van der Waals surface area contributed by atoms with Crippen molar-refractivity contribution in [2.45, 2.75) is 125 Å². The molecule has 70 heavy (non-hydrogen) atoms. The number of hydrogen-bond donors (Lipinski definition) is 5. The highest BCUT2D eigenvalue weighted by Crippen LogP contribution is 2.35. The fraction of sp³-hybridized carbons (Fsp3) is 0.447. The van der Waals surface area contributed by atoms with Crippen LogP contribution in [0, 0.1) is 0 Å². The number of ketones is 1. The first-order valence-electron chi connectivity index (χ1n) is 23.0. The maximum absolute atomic E-state index is 13.8. The van der Waals surface area contributed by atoms with E-state index in [4.69, 9.17) is 15.4 Å². The lowest BCUT2D eigenvalue weighted by Crippen LogP contribution is -2.42. The Kier molecular flexibility index (Phi) is 18.8. The summed E-state index contributed by atoms with van der Waals surface area (Å²) in [5, 5.41) is 24.3. The molecule has 23 heteroatoms. The molecule has 4 aromatic rings. The fourth-order valence-corrected chi connectivity index (χ4v) is 10.2. The van der Waals surface area contributed by atoms with Gasteiger partial charge in [-0.3, -0.25) is 14.4 Å². The predicted molar refractivity (Wildman–Crippen MR) is 255 cm³/mol. The van der Waals surface area contributed by atoms with Crippen molar-refractivity contribution in [2.75, 3.05) is 12.3 Å². The smallest absolute Gasteiger partial charge is 0.435 e. The van der Waals surface area contributed by atoms with E-state index in [-0.39, 0.29) is 70.4 Å². The number of halogens is 3. The largest absolute Gasteiger partial charge is 0.459 e. The van der Waals surface area contributed by atoms with Crippen molar-refractivity contribution in [2.24, 2.45) is 10.3 Å². The number of nitrogens with one attached hydrogen (secondary N) is 4. The number of fused-ring (bicyclic) bond motifs is 1. The minimum absolute atomic E-state index is 0.0435. The summed E-state index contributed by atoms with van der Waals surface area (Å²) in [7, 11) is -4.05. The summed E-state index contributed by atoms with van der Waals surface area (Å²) in [6.07, 6.45) is 3.62. The van der Waals surface area contributed by atoms with E-state index in [9.17, 15) is 45.6 Å². The highest BCUT2D eigenvalue weighted by atomic mass is 32.2. The van der Waals surface area contributed by atoms with Crippen LogP contribution in [0.5, 0.6) is 0 Å². The van der Waals surface area contributed by atoms with Crippen LogP contribution in [-0.2, 0) is 41.9 Å². The number of sulfonamides is 1. The molecule has 18 nitrogen and oxygen atoms in total. The van der Waals surface area contributed by atoms with E-state index in [1.54, 1.807) is 12.1 Å². The zero-order chi connectivity index (χ0) is 50.3. The molecule has 4 atom stereocenters. The van der Waals surface area contributed by atoms with Crippen molar-refractivity contribution in [3.63, 3.8) is 0 Å². The maximum Gasteiger partial charge on any atom is 0.435 e. The van der Waals surface area contributed by atoms with Crippen LogP contribution in [0.25, 0.3) is 27.4 Å². The molecule has 6 rings (SSSR count). The number of carbonyl (C=O) groups is 5. The molecule has 3 heterocycles. The van der Waals surface area contributed by atoms with E-state index in [0.29, 0.717) is 61.4 Å². The van der Waals surface area contributed by atoms with Gasteiger partial charge in [-0.15, -0.1) is 0 Å². The SMILES string of the molecule is [N-]=[N+]=Nc1ccc(C(=O)N[C@@H](CCCCNC(=O)CCCCCCC(=O)CCCC[C@@H]2SC[C@@H]3NC(=O)N[C@H]32)C(=O)OCc2ccc(-c3cc(C(F)(F)F)nn3-c3ccc(S(N)(=O)=O)cc3)cc2)cc1. The fourth-order valence-electron chi connectivity index (χ4n) is 8.13. The van der Waals surface area contributed by atoms with Gasteiger partial charge in [-0.2, -0.15) is 30.0 Å². The maximum atomic E-state index is 13.8. The highest BCUT2D eigenvalue weighted by Gasteiger charge is 2.42. The molecule has 0 saturated carbocycles. The third-order valence-electron chi connectivity index (χ3n) is 11.9. The number of ether oxygens (including phenoxy) is 1. The molecule has 2 fully saturated rings. The van der Waals surface area contributed by atoms with E-state index in [2.05, 4.69) is 36.4 Å². The first-order chi connectivity index (χ1) is 33.5. The van der Waals surface area contributed by atoms with Crippen molar-refractivity contribution in [3.05, 3.63) is 106 Å². The van der Waals surface area contributed by atoms with Gasteiger partial charge in [-0.25, -0.2) is 27.8 Å². The Morgan fingerprint density at radius 3 is 2.27 bits per heavy atom. The van der Waals surface area contributed by atoms with E-state index in [0.717, 1.165) is 67.2 Å². The van der Waals surface area contributed by atoms with Gasteiger partial charge < -0.3 is 26.0 Å². The van der Waals surface area contributed by atoms with Crippen LogP contribution in [0.1, 0.15) is 105 Å². The number of nitrogens with zero attached hydrogens (tertiary/aromatic N) is 5. The molecule has 0 unspecified atom stereocenters. The van der Waals surface area contributed by atoms with Crippen LogP contribution in [0.4, 0.5) is 23.7 Å². The number of aromatic nitrogens is 2. The van der Waals surface area contributed by atoms with Crippen molar-refractivity contribution >= 4 is 57.1 Å². The van der Waals surface area contributed by atoms with Crippen LogP contribution in [0.3, 0.4) is 0 Å². The van der Waals surface area contributed by atoms with Gasteiger partial charge in [0.15, 0.2) is 5.69 Å². The molecule has 2 saturated heterocycles. The number of Topliss-reactive ketones (excluding diaryl/α,β-unsaturated/α-hetero) is 1. The number of benzene rings is 3. The molecule has 0 bridgehead atoms. The normalized spacial score (nSPS) is 16.9. The van der Waals surface area contributed by atoms with Crippen LogP contribution >= 0.6 is 11.8 Å². The number of esters is 1. The molecule has 0 radical (unpaired) electrons. The second kappa shape index (κ2) is 24.9. The Hall–Kier alpha value is -6.42. The van der Waals surface area contributed by atoms with Crippen LogP contribution < -0.4 is 26.4 Å². The van der Waals surface area contributed by atoms with Gasteiger partial charge in [0.1, 0.15) is 18.4 Å². The number of urea groups is 1. The van der Waals surface area contributed by atoms with Gasteiger partial charge in [-0.1, -0.05) is 60.8 Å². The van der Waals surface area contributed by atoms with Crippen molar-refractivity contribution < 1.29 is 50.3 Å². The Morgan fingerprint density at radius 1 is 0.914 bits per heavy atom. The molecule has 2 aliphatic rings. The average molecular weight is 1010 g/mol. The van der Waals surface area contributed by atoms with Gasteiger partial charge in [-0.05, 0) is 98.5 Å². The summed E-state index contributed by atoms with van der Waals surface area (Å²) < 4.78 is 71.4. The minimum atomic E-state index is -4.78. The molecular weight excluding hydrogens is 954 g/mol. The summed E-state index contributed by atoms with van der Waals surface area (Å²) in [5.74, 6) is -0.275. The Morgan fingerprint density at radius 2 is 1.60 bits per heavy atom. The van der Waals surface area contributed by atoms with Crippen molar-refractivity contribution in [3.8, 4) is 16.9 Å². The lowest BCUT2D eigenvalue weighted by molar-refractivity contribution is -0.147. The second-order valence-electron chi connectivity index (χ2n) is 17.1. The molecule has 1 aromatic heterocycles. The lowest BCUT2D eigenvalue weighted by atomic mass is 10.0. The number of primary sulfonamides is 1. The van der Waals surface area contributed by atoms with Gasteiger partial charge in [0.2, 0.25) is 15.9 Å². The molecule has 374 valence electrons. The number of nitrogens with two attached hydrogens (primary N) is 1. The first-order valence-corrected chi connectivity index (χ1v) is 25.6. The number of unbranched alkanes of at least 4 members (excludes halogenated alkanes) is 5. The van der Waals surface area contributed by atoms with Crippen LogP contribution in [-0.4, -0.2) is 83.5 Å². The number of thioether (sulfide) groups is 1. The third kappa shape index (κ3) is 15.5. The molecule has 6 N–H and O–H groups in total. The Balaban J connectivity index is 0.934. The minimum Gasteiger partial charge on any atom is -0.459 e. The molecule has 0 spiro atoms. The number of amides is 4. The third-order valence-corrected chi connectivity index (χ3v) is 14.3. The van der Waals surface area contributed by atoms with Gasteiger partial charge in [0, 0.05) is 58.5 Å². The summed E-state index contributed by atoms with van der Waals surface area (Å²) in [6, 6.07) is 16.8. The van der Waals surface area contributed by atoms with E-state index >= 15 is 0 Å².